The van der Waals surface area contributed by atoms with Gasteiger partial charge in [0.2, 0.25) is 0 Å². The quantitative estimate of drug-likeness (QED) is 0.775. The summed E-state index contributed by atoms with van der Waals surface area (Å²) >= 11 is 0. The average molecular weight is 208 g/mol. The molecule has 3 heteroatoms. The highest BCUT2D eigenvalue weighted by Crippen LogP contribution is 2.20. The van der Waals surface area contributed by atoms with Gasteiger partial charge in [0, 0.05) is 18.2 Å². The highest BCUT2D eigenvalue weighted by atomic mass is 16.3. The summed E-state index contributed by atoms with van der Waals surface area (Å²) in [4.78, 5) is 2.28. The number of nitrogens with one attached hydrogen (secondary N) is 1. The number of rotatable bonds is 6. The second-order valence-corrected chi connectivity index (χ2v) is 4.35. The Morgan fingerprint density at radius 3 is 3.00 bits per heavy atom. The van der Waals surface area contributed by atoms with Gasteiger partial charge in [0.1, 0.15) is 5.76 Å². The van der Waals surface area contributed by atoms with Crippen molar-refractivity contribution in [3.8, 4) is 0 Å². The van der Waals surface area contributed by atoms with Gasteiger partial charge in [0.25, 0.3) is 0 Å². The standard InChI is InChI=1S/C12H20N2O/c1-3-14(2)9-10-6-7-15-12(10)8-13-11-4-5-11/h6-7,11,13H,3-5,8-9H2,1-2H3. The number of furan rings is 1. The Morgan fingerprint density at radius 1 is 1.53 bits per heavy atom. The minimum Gasteiger partial charge on any atom is -0.468 e. The van der Waals surface area contributed by atoms with Crippen molar-refractivity contribution in [1.82, 2.24) is 10.2 Å². The maximum Gasteiger partial charge on any atom is 0.122 e. The van der Waals surface area contributed by atoms with E-state index in [4.69, 9.17) is 4.42 Å². The normalized spacial score (nSPS) is 16.2. The first-order valence-electron chi connectivity index (χ1n) is 5.76. The number of nitrogens with zero attached hydrogens (tertiary/aromatic N) is 1. The van der Waals surface area contributed by atoms with E-state index in [2.05, 4.69) is 30.3 Å². The summed E-state index contributed by atoms with van der Waals surface area (Å²) in [6, 6.07) is 2.82. The Morgan fingerprint density at radius 2 is 2.33 bits per heavy atom. The molecule has 1 aromatic rings. The van der Waals surface area contributed by atoms with Crippen LogP contribution in [0, 0.1) is 0 Å². The molecule has 0 unspecified atom stereocenters. The predicted molar refractivity (Wildman–Crippen MR) is 60.6 cm³/mol. The maximum atomic E-state index is 5.50. The van der Waals surface area contributed by atoms with Gasteiger partial charge in [-0.3, -0.25) is 0 Å². The van der Waals surface area contributed by atoms with Crippen LogP contribution in [-0.4, -0.2) is 24.5 Å². The van der Waals surface area contributed by atoms with Gasteiger partial charge in [-0.05, 0) is 32.5 Å². The molecule has 1 fully saturated rings. The molecular formula is C12H20N2O. The maximum absolute atomic E-state index is 5.50. The summed E-state index contributed by atoms with van der Waals surface area (Å²) in [5, 5.41) is 3.48. The van der Waals surface area contributed by atoms with Gasteiger partial charge in [0.05, 0.1) is 12.8 Å². The van der Waals surface area contributed by atoms with Gasteiger partial charge in [-0.2, -0.15) is 0 Å². The van der Waals surface area contributed by atoms with E-state index in [0.717, 1.165) is 31.4 Å². The predicted octanol–water partition coefficient (Wildman–Crippen LogP) is 1.98. The Kier molecular flexibility index (Phi) is 3.44. The Labute approximate surface area is 91.4 Å². The van der Waals surface area contributed by atoms with Gasteiger partial charge >= 0.3 is 0 Å². The van der Waals surface area contributed by atoms with Crippen molar-refractivity contribution in [2.24, 2.45) is 0 Å². The molecule has 0 spiro atoms. The van der Waals surface area contributed by atoms with E-state index in [1.54, 1.807) is 6.26 Å². The summed E-state index contributed by atoms with van der Waals surface area (Å²) < 4.78 is 5.50. The lowest BCUT2D eigenvalue weighted by molar-refractivity contribution is 0.340. The lowest BCUT2D eigenvalue weighted by Gasteiger charge is -2.13. The molecule has 0 aliphatic heterocycles. The van der Waals surface area contributed by atoms with Crippen molar-refractivity contribution in [2.75, 3.05) is 13.6 Å². The smallest absolute Gasteiger partial charge is 0.122 e. The van der Waals surface area contributed by atoms with Crippen LogP contribution in [0.5, 0.6) is 0 Å². The summed E-state index contributed by atoms with van der Waals surface area (Å²) in [5.41, 5.74) is 1.31. The van der Waals surface area contributed by atoms with Gasteiger partial charge in [-0.25, -0.2) is 0 Å². The first kappa shape index (κ1) is 10.7. The Hall–Kier alpha value is -0.800. The molecule has 84 valence electrons. The van der Waals surface area contributed by atoms with Crippen molar-refractivity contribution < 1.29 is 4.42 Å². The third-order valence-electron chi connectivity index (χ3n) is 2.95. The molecule has 0 atom stereocenters. The van der Waals surface area contributed by atoms with Crippen molar-refractivity contribution in [3.63, 3.8) is 0 Å². The largest absolute Gasteiger partial charge is 0.468 e. The molecule has 1 saturated carbocycles. The number of hydrogen-bond acceptors (Lipinski definition) is 3. The van der Waals surface area contributed by atoms with E-state index in [9.17, 15) is 0 Å². The number of hydrogen-bond donors (Lipinski definition) is 1. The second-order valence-electron chi connectivity index (χ2n) is 4.35. The summed E-state index contributed by atoms with van der Waals surface area (Å²) in [6.45, 7) is 5.10. The third-order valence-corrected chi connectivity index (χ3v) is 2.95. The van der Waals surface area contributed by atoms with Crippen molar-refractivity contribution >= 4 is 0 Å². The fourth-order valence-electron chi connectivity index (χ4n) is 1.59. The molecule has 1 aliphatic carbocycles. The topological polar surface area (TPSA) is 28.4 Å². The van der Waals surface area contributed by atoms with Crippen molar-refractivity contribution in [2.45, 2.75) is 38.9 Å². The molecule has 1 N–H and O–H groups in total. The SMILES string of the molecule is CCN(C)Cc1ccoc1CNC1CC1. The first-order valence-corrected chi connectivity index (χ1v) is 5.76. The molecule has 0 saturated heterocycles. The third kappa shape index (κ3) is 3.08. The summed E-state index contributed by atoms with van der Waals surface area (Å²) in [7, 11) is 2.13. The molecule has 1 heterocycles. The van der Waals surface area contributed by atoms with E-state index in [-0.39, 0.29) is 0 Å². The van der Waals surface area contributed by atoms with E-state index in [1.807, 2.05) is 0 Å². The van der Waals surface area contributed by atoms with Crippen LogP contribution >= 0.6 is 0 Å². The van der Waals surface area contributed by atoms with Crippen molar-refractivity contribution in [3.05, 3.63) is 23.7 Å². The monoisotopic (exact) mass is 208 g/mol. The highest BCUT2D eigenvalue weighted by Gasteiger charge is 2.21. The van der Waals surface area contributed by atoms with Crippen LogP contribution in [0.1, 0.15) is 31.1 Å². The molecule has 15 heavy (non-hydrogen) atoms. The summed E-state index contributed by atoms with van der Waals surface area (Å²) in [6.07, 6.45) is 4.44. The zero-order valence-electron chi connectivity index (χ0n) is 9.62. The van der Waals surface area contributed by atoms with Crippen LogP contribution < -0.4 is 5.32 Å². The highest BCUT2D eigenvalue weighted by molar-refractivity contribution is 5.17. The molecule has 0 aromatic carbocycles. The van der Waals surface area contributed by atoms with Gasteiger partial charge in [-0.1, -0.05) is 6.92 Å². The van der Waals surface area contributed by atoms with Crippen molar-refractivity contribution in [1.29, 1.82) is 0 Å². The molecule has 1 aromatic heterocycles. The zero-order valence-corrected chi connectivity index (χ0v) is 9.62. The Bertz CT molecular complexity index is 304. The van der Waals surface area contributed by atoms with Crippen LogP contribution in [0.3, 0.4) is 0 Å². The first-order chi connectivity index (χ1) is 7.29. The van der Waals surface area contributed by atoms with E-state index >= 15 is 0 Å². The average Bonchev–Trinajstić information content (AvgIpc) is 2.97. The minimum absolute atomic E-state index is 0.742. The molecule has 2 rings (SSSR count). The molecule has 0 bridgehead atoms. The molecule has 0 radical (unpaired) electrons. The van der Waals surface area contributed by atoms with Crippen LogP contribution in [0.25, 0.3) is 0 Å². The van der Waals surface area contributed by atoms with Crippen LogP contribution in [0.2, 0.25) is 0 Å². The van der Waals surface area contributed by atoms with Crippen LogP contribution in [0.4, 0.5) is 0 Å². The van der Waals surface area contributed by atoms with Gasteiger partial charge < -0.3 is 14.6 Å². The lowest BCUT2D eigenvalue weighted by Crippen LogP contribution is -2.19. The molecule has 0 amide bonds. The molecule has 3 nitrogen and oxygen atoms in total. The van der Waals surface area contributed by atoms with E-state index in [1.165, 1.54) is 18.4 Å². The summed E-state index contributed by atoms with van der Waals surface area (Å²) in [5.74, 6) is 1.10. The minimum atomic E-state index is 0.742. The fraction of sp³-hybridized carbons (Fsp3) is 0.667. The zero-order chi connectivity index (χ0) is 10.7. The van der Waals surface area contributed by atoms with Gasteiger partial charge in [-0.15, -0.1) is 0 Å². The van der Waals surface area contributed by atoms with E-state index in [0.29, 0.717) is 0 Å². The second kappa shape index (κ2) is 4.81. The fourth-order valence-corrected chi connectivity index (χ4v) is 1.59. The van der Waals surface area contributed by atoms with Crippen LogP contribution in [0.15, 0.2) is 16.7 Å². The van der Waals surface area contributed by atoms with Crippen LogP contribution in [-0.2, 0) is 13.1 Å². The molecular weight excluding hydrogens is 188 g/mol. The lowest BCUT2D eigenvalue weighted by atomic mass is 10.2. The Balaban J connectivity index is 1.88. The molecule has 1 aliphatic rings. The van der Waals surface area contributed by atoms with E-state index < -0.39 is 0 Å². The van der Waals surface area contributed by atoms with Gasteiger partial charge in [0.15, 0.2) is 0 Å².